The summed E-state index contributed by atoms with van der Waals surface area (Å²) in [5.41, 5.74) is 0.631. The number of nitrogens with zero attached hydrogens (tertiary/aromatic N) is 1. The highest BCUT2D eigenvalue weighted by molar-refractivity contribution is 9.10. The maximum absolute atomic E-state index is 13.1. The summed E-state index contributed by atoms with van der Waals surface area (Å²) in [5, 5.41) is 11.1. The number of hydrogen-bond donors (Lipinski definition) is 0. The lowest BCUT2D eigenvalue weighted by Gasteiger charge is -2.10. The van der Waals surface area contributed by atoms with Gasteiger partial charge in [0.1, 0.15) is 17.3 Å². The zero-order valence-electron chi connectivity index (χ0n) is 9.98. The van der Waals surface area contributed by atoms with Gasteiger partial charge in [-0.3, -0.25) is 10.1 Å². The summed E-state index contributed by atoms with van der Waals surface area (Å²) in [4.78, 5) is 10.3. The Morgan fingerprint density at radius 2 is 2.00 bits per heavy atom. The Bertz CT molecular complexity index is 664. The number of benzene rings is 2. The number of halogens is 3. The molecule has 0 atom stereocenters. The predicted octanol–water partition coefficient (Wildman–Crippen LogP) is 5.18. The Kier molecular flexibility index (Phi) is 4.72. The molecule has 0 saturated carbocycles. The minimum Gasteiger partial charge on any atom is -0.457 e. The third kappa shape index (κ3) is 3.34. The molecule has 7 heteroatoms. The van der Waals surface area contributed by atoms with Crippen LogP contribution in [0.15, 0.2) is 40.9 Å². The monoisotopic (exact) mass is 403 g/mol. The van der Waals surface area contributed by atoms with Gasteiger partial charge in [-0.2, -0.15) is 0 Å². The van der Waals surface area contributed by atoms with E-state index in [9.17, 15) is 14.5 Å². The van der Waals surface area contributed by atoms with Crippen molar-refractivity contribution >= 4 is 37.5 Å². The number of nitro groups is 1. The first-order chi connectivity index (χ1) is 9.51. The van der Waals surface area contributed by atoms with Crippen molar-refractivity contribution < 1.29 is 14.1 Å². The molecule has 2 rings (SSSR count). The molecule has 0 unspecified atom stereocenters. The molecular formula is C13H8Br2FNO3. The molecular weight excluding hydrogens is 397 g/mol. The van der Waals surface area contributed by atoms with Gasteiger partial charge in [-0.1, -0.05) is 15.9 Å². The zero-order valence-corrected chi connectivity index (χ0v) is 13.1. The normalized spacial score (nSPS) is 10.3. The quantitative estimate of drug-likeness (QED) is 0.400. The summed E-state index contributed by atoms with van der Waals surface area (Å²) in [6, 6.07) is 8.57. The molecule has 104 valence electrons. The van der Waals surface area contributed by atoms with Crippen molar-refractivity contribution in [1.29, 1.82) is 0 Å². The number of nitro benzene ring substituents is 1. The van der Waals surface area contributed by atoms with E-state index in [2.05, 4.69) is 31.9 Å². The topological polar surface area (TPSA) is 52.4 Å². The third-order valence-corrected chi connectivity index (χ3v) is 3.73. The van der Waals surface area contributed by atoms with E-state index in [1.165, 1.54) is 36.4 Å². The summed E-state index contributed by atoms with van der Waals surface area (Å²) >= 11 is 6.33. The van der Waals surface area contributed by atoms with Gasteiger partial charge in [-0.25, -0.2) is 4.39 Å². The number of non-ortho nitro benzene ring substituents is 1. The number of hydrogen-bond acceptors (Lipinski definition) is 3. The first kappa shape index (κ1) is 14.9. The van der Waals surface area contributed by atoms with Gasteiger partial charge in [0.05, 0.1) is 9.40 Å². The molecule has 0 aromatic heterocycles. The van der Waals surface area contributed by atoms with Crippen molar-refractivity contribution in [3.05, 3.63) is 62.4 Å². The molecule has 2 aromatic rings. The summed E-state index contributed by atoms with van der Waals surface area (Å²) in [6.07, 6.45) is 0. The second-order valence-corrected chi connectivity index (χ2v) is 5.28. The van der Waals surface area contributed by atoms with Gasteiger partial charge in [0.2, 0.25) is 0 Å². The maximum Gasteiger partial charge on any atom is 0.270 e. The van der Waals surface area contributed by atoms with Gasteiger partial charge < -0.3 is 4.74 Å². The number of alkyl halides is 1. The second kappa shape index (κ2) is 6.32. The fourth-order valence-corrected chi connectivity index (χ4v) is 2.35. The van der Waals surface area contributed by atoms with Crippen molar-refractivity contribution in [2.24, 2.45) is 0 Å². The van der Waals surface area contributed by atoms with Crippen LogP contribution in [-0.2, 0) is 5.33 Å². The summed E-state index contributed by atoms with van der Waals surface area (Å²) in [7, 11) is 0. The largest absolute Gasteiger partial charge is 0.457 e. The Hall–Kier alpha value is -1.47. The molecule has 0 N–H and O–H groups in total. The average molecular weight is 405 g/mol. The lowest BCUT2D eigenvalue weighted by Crippen LogP contribution is -1.93. The van der Waals surface area contributed by atoms with Gasteiger partial charge in [-0.15, -0.1) is 0 Å². The van der Waals surface area contributed by atoms with Crippen LogP contribution in [0.2, 0.25) is 0 Å². The molecule has 0 saturated heterocycles. The van der Waals surface area contributed by atoms with Crippen LogP contribution in [0.1, 0.15) is 5.56 Å². The Labute approximate surface area is 131 Å². The van der Waals surface area contributed by atoms with E-state index in [0.29, 0.717) is 22.4 Å². The van der Waals surface area contributed by atoms with Crippen LogP contribution in [0.4, 0.5) is 10.1 Å². The van der Waals surface area contributed by atoms with Gasteiger partial charge >= 0.3 is 0 Å². The Balaban J connectivity index is 2.32. The second-order valence-electron chi connectivity index (χ2n) is 3.86. The highest BCUT2D eigenvalue weighted by Crippen LogP contribution is 2.31. The first-order valence-corrected chi connectivity index (χ1v) is 7.39. The molecule has 0 spiro atoms. The third-order valence-electron chi connectivity index (χ3n) is 2.52. The molecule has 0 amide bonds. The highest BCUT2D eigenvalue weighted by Gasteiger charge is 2.12. The lowest BCUT2D eigenvalue weighted by molar-refractivity contribution is -0.384. The predicted molar refractivity (Wildman–Crippen MR) is 79.9 cm³/mol. The molecule has 0 aliphatic rings. The maximum atomic E-state index is 13.1. The number of ether oxygens (including phenoxy) is 1. The summed E-state index contributed by atoms with van der Waals surface area (Å²) < 4.78 is 19.1. The van der Waals surface area contributed by atoms with Crippen LogP contribution in [0.3, 0.4) is 0 Å². The standard InChI is InChI=1S/C13H8Br2FNO3/c14-7-8-5-9(17(18)19)1-4-13(8)20-10-2-3-12(16)11(15)6-10/h1-6H,7H2. The molecule has 0 fully saturated rings. The van der Waals surface area contributed by atoms with Crippen molar-refractivity contribution in [2.75, 3.05) is 0 Å². The summed E-state index contributed by atoms with van der Waals surface area (Å²) in [6.45, 7) is 0. The molecule has 4 nitrogen and oxygen atoms in total. The van der Waals surface area contributed by atoms with Crippen LogP contribution < -0.4 is 4.74 Å². The average Bonchev–Trinajstić information content (AvgIpc) is 2.43. The van der Waals surface area contributed by atoms with E-state index in [-0.39, 0.29) is 16.0 Å². The lowest BCUT2D eigenvalue weighted by atomic mass is 10.2. The SMILES string of the molecule is O=[N+]([O-])c1ccc(Oc2ccc(F)c(Br)c2)c(CBr)c1. The van der Waals surface area contributed by atoms with Gasteiger partial charge in [0.15, 0.2) is 0 Å². The molecule has 0 heterocycles. The fourth-order valence-electron chi connectivity index (χ4n) is 1.55. The minimum absolute atomic E-state index is 0.00733. The molecule has 20 heavy (non-hydrogen) atoms. The highest BCUT2D eigenvalue weighted by atomic mass is 79.9. The van der Waals surface area contributed by atoms with Crippen LogP contribution in [0, 0.1) is 15.9 Å². The molecule has 0 radical (unpaired) electrons. The molecule has 2 aromatic carbocycles. The Morgan fingerprint density at radius 3 is 2.60 bits per heavy atom. The van der Waals surface area contributed by atoms with Crippen LogP contribution in [0.5, 0.6) is 11.5 Å². The van der Waals surface area contributed by atoms with E-state index >= 15 is 0 Å². The smallest absolute Gasteiger partial charge is 0.270 e. The van der Waals surface area contributed by atoms with Crippen molar-refractivity contribution in [3.63, 3.8) is 0 Å². The van der Waals surface area contributed by atoms with Crippen molar-refractivity contribution in [1.82, 2.24) is 0 Å². The van der Waals surface area contributed by atoms with E-state index < -0.39 is 4.92 Å². The first-order valence-electron chi connectivity index (χ1n) is 5.47. The van der Waals surface area contributed by atoms with E-state index in [4.69, 9.17) is 4.74 Å². The molecule has 0 bridgehead atoms. The van der Waals surface area contributed by atoms with Gasteiger partial charge in [0.25, 0.3) is 5.69 Å². The number of rotatable bonds is 4. The fraction of sp³-hybridized carbons (Fsp3) is 0.0769. The van der Waals surface area contributed by atoms with Crippen molar-refractivity contribution in [2.45, 2.75) is 5.33 Å². The Morgan fingerprint density at radius 1 is 1.25 bits per heavy atom. The summed E-state index contributed by atoms with van der Waals surface area (Å²) in [5.74, 6) is 0.530. The van der Waals surface area contributed by atoms with Gasteiger partial charge in [0, 0.05) is 23.0 Å². The zero-order chi connectivity index (χ0) is 14.7. The molecule has 0 aliphatic carbocycles. The van der Waals surface area contributed by atoms with Gasteiger partial charge in [-0.05, 0) is 40.2 Å². The van der Waals surface area contributed by atoms with Crippen LogP contribution >= 0.6 is 31.9 Å². The van der Waals surface area contributed by atoms with Crippen LogP contribution in [-0.4, -0.2) is 4.92 Å². The molecule has 0 aliphatic heterocycles. The van der Waals surface area contributed by atoms with Crippen LogP contribution in [0.25, 0.3) is 0 Å². The van der Waals surface area contributed by atoms with E-state index in [1.54, 1.807) is 0 Å². The van der Waals surface area contributed by atoms with Crippen molar-refractivity contribution in [3.8, 4) is 11.5 Å². The minimum atomic E-state index is -0.468. The van der Waals surface area contributed by atoms with E-state index in [0.717, 1.165) is 0 Å². The van der Waals surface area contributed by atoms with E-state index in [1.807, 2.05) is 0 Å².